The molecule has 0 aliphatic heterocycles. The van der Waals surface area contributed by atoms with Gasteiger partial charge in [0.15, 0.2) is 0 Å². The SMILES string of the molecule is c1ccc(N(c2ccc(-c3cccc(-n4c5ccccc5c5ccccc54)c3)cc2)c2ccccc2-c2cccc3c2oc2cc4ccccc4cc23)cc1. The third-order valence-corrected chi connectivity index (χ3v) is 11.0. The lowest BCUT2D eigenvalue weighted by molar-refractivity contribution is 0.670. The molecular weight excluding hydrogens is 669 g/mol. The van der Waals surface area contributed by atoms with E-state index in [-0.39, 0.29) is 0 Å². The largest absolute Gasteiger partial charge is 0.455 e. The van der Waals surface area contributed by atoms with Gasteiger partial charge in [0, 0.05) is 49.7 Å². The van der Waals surface area contributed by atoms with Crippen LogP contribution in [0.2, 0.25) is 0 Å². The van der Waals surface area contributed by atoms with E-state index in [1.165, 1.54) is 38.1 Å². The fraction of sp³-hybridized carbons (Fsp3) is 0. The molecule has 0 amide bonds. The molecule has 0 N–H and O–H groups in total. The smallest absolute Gasteiger partial charge is 0.143 e. The average molecular weight is 703 g/mol. The first-order valence-corrected chi connectivity index (χ1v) is 18.8. The minimum absolute atomic E-state index is 0.895. The van der Waals surface area contributed by atoms with Crippen molar-refractivity contribution >= 4 is 71.6 Å². The molecule has 3 nitrogen and oxygen atoms in total. The summed E-state index contributed by atoms with van der Waals surface area (Å²) in [7, 11) is 0. The molecule has 2 aromatic heterocycles. The summed E-state index contributed by atoms with van der Waals surface area (Å²) < 4.78 is 9.10. The maximum atomic E-state index is 6.72. The highest BCUT2D eigenvalue weighted by atomic mass is 16.3. The van der Waals surface area contributed by atoms with E-state index in [9.17, 15) is 0 Å². The van der Waals surface area contributed by atoms with E-state index in [1.54, 1.807) is 0 Å². The number of benzene rings is 9. The van der Waals surface area contributed by atoms with Crippen LogP contribution in [-0.4, -0.2) is 4.57 Å². The predicted molar refractivity (Wildman–Crippen MR) is 231 cm³/mol. The van der Waals surface area contributed by atoms with Gasteiger partial charge in [0.25, 0.3) is 0 Å². The molecule has 0 aliphatic rings. The van der Waals surface area contributed by atoms with Crippen LogP contribution in [0.1, 0.15) is 0 Å². The number of aromatic nitrogens is 1. The van der Waals surface area contributed by atoms with Gasteiger partial charge in [0.2, 0.25) is 0 Å². The topological polar surface area (TPSA) is 21.3 Å². The van der Waals surface area contributed by atoms with Gasteiger partial charge < -0.3 is 13.9 Å². The fourth-order valence-corrected chi connectivity index (χ4v) is 8.42. The van der Waals surface area contributed by atoms with Crippen molar-refractivity contribution in [3.05, 3.63) is 206 Å². The lowest BCUT2D eigenvalue weighted by Gasteiger charge is -2.28. The van der Waals surface area contributed by atoms with Gasteiger partial charge in [-0.05, 0) is 88.6 Å². The molecule has 0 radical (unpaired) electrons. The Balaban J connectivity index is 1.02. The molecule has 0 atom stereocenters. The molecule has 0 fully saturated rings. The van der Waals surface area contributed by atoms with Gasteiger partial charge >= 0.3 is 0 Å². The Hall–Kier alpha value is -7.36. The number of para-hydroxylation sites is 5. The van der Waals surface area contributed by atoms with Gasteiger partial charge in [0.05, 0.1) is 16.7 Å². The van der Waals surface area contributed by atoms with Crippen molar-refractivity contribution < 1.29 is 4.42 Å². The van der Waals surface area contributed by atoms with Gasteiger partial charge in [-0.15, -0.1) is 0 Å². The van der Waals surface area contributed by atoms with Crippen molar-refractivity contribution in [2.24, 2.45) is 0 Å². The van der Waals surface area contributed by atoms with Crippen molar-refractivity contribution in [3.8, 4) is 27.9 Å². The Morgan fingerprint density at radius 1 is 0.382 bits per heavy atom. The van der Waals surface area contributed by atoms with Crippen molar-refractivity contribution in [2.45, 2.75) is 0 Å². The third-order valence-electron chi connectivity index (χ3n) is 11.0. The zero-order chi connectivity index (χ0) is 36.3. The Morgan fingerprint density at radius 3 is 1.76 bits per heavy atom. The lowest BCUT2D eigenvalue weighted by atomic mass is 9.98. The maximum Gasteiger partial charge on any atom is 0.143 e. The molecule has 0 aliphatic carbocycles. The third kappa shape index (κ3) is 5.13. The van der Waals surface area contributed by atoms with E-state index in [4.69, 9.17) is 4.42 Å². The van der Waals surface area contributed by atoms with Crippen LogP contribution in [0.25, 0.3) is 82.5 Å². The molecule has 258 valence electrons. The number of nitrogens with zero attached hydrogens (tertiary/aromatic N) is 2. The summed E-state index contributed by atoms with van der Waals surface area (Å²) in [4.78, 5) is 2.35. The van der Waals surface area contributed by atoms with Gasteiger partial charge in [-0.25, -0.2) is 0 Å². The molecule has 3 heteroatoms. The number of furan rings is 1. The Labute approximate surface area is 318 Å². The highest BCUT2D eigenvalue weighted by molar-refractivity contribution is 6.14. The van der Waals surface area contributed by atoms with Crippen LogP contribution in [-0.2, 0) is 0 Å². The number of rotatable bonds is 6. The Morgan fingerprint density at radius 2 is 0.982 bits per heavy atom. The van der Waals surface area contributed by atoms with Crippen LogP contribution in [0.4, 0.5) is 17.1 Å². The summed E-state index contributed by atoms with van der Waals surface area (Å²) in [5.74, 6) is 0. The van der Waals surface area contributed by atoms with Crippen LogP contribution in [0.5, 0.6) is 0 Å². The number of hydrogen-bond acceptors (Lipinski definition) is 2. The number of anilines is 3. The predicted octanol–water partition coefficient (Wildman–Crippen LogP) is 14.6. The van der Waals surface area contributed by atoms with E-state index in [2.05, 4.69) is 216 Å². The monoisotopic (exact) mass is 702 g/mol. The zero-order valence-electron chi connectivity index (χ0n) is 29.9. The standard InChI is InChI=1S/C52H34N2O/c1-2-17-39(18-3-1)53(48-25-9-8-22-44(48)45-23-13-24-46-47-33-37-14-4-5-15-38(37)34-51(47)55-52(45)46)40-30-28-35(29-31-40)36-16-12-19-41(32-36)54-49-26-10-6-20-42(49)43-21-7-11-27-50(43)54/h1-34H. The highest BCUT2D eigenvalue weighted by Crippen LogP contribution is 2.45. The summed E-state index contributed by atoms with van der Waals surface area (Å²) in [5.41, 5.74) is 13.1. The summed E-state index contributed by atoms with van der Waals surface area (Å²) in [5, 5.41) is 7.16. The molecule has 2 heterocycles. The summed E-state index contributed by atoms with van der Waals surface area (Å²) >= 11 is 0. The van der Waals surface area contributed by atoms with Crippen LogP contribution >= 0.6 is 0 Å². The number of fused-ring (bicyclic) bond motifs is 7. The number of hydrogen-bond donors (Lipinski definition) is 0. The Bertz CT molecular complexity index is 3150. The molecule has 9 aromatic carbocycles. The van der Waals surface area contributed by atoms with Crippen LogP contribution in [0, 0.1) is 0 Å². The van der Waals surface area contributed by atoms with Gasteiger partial charge in [-0.1, -0.05) is 140 Å². The molecule has 0 unspecified atom stereocenters. The van der Waals surface area contributed by atoms with E-state index < -0.39 is 0 Å². The normalized spacial score (nSPS) is 11.6. The van der Waals surface area contributed by atoms with E-state index >= 15 is 0 Å². The molecule has 11 rings (SSSR count). The highest BCUT2D eigenvalue weighted by Gasteiger charge is 2.21. The minimum atomic E-state index is 0.895. The Kier molecular flexibility index (Phi) is 7.17. The van der Waals surface area contributed by atoms with Crippen molar-refractivity contribution in [1.29, 1.82) is 0 Å². The second kappa shape index (κ2) is 12.6. The minimum Gasteiger partial charge on any atom is -0.455 e. The first-order chi connectivity index (χ1) is 27.3. The fourth-order valence-electron chi connectivity index (χ4n) is 8.42. The van der Waals surface area contributed by atoms with Crippen LogP contribution in [0.15, 0.2) is 211 Å². The van der Waals surface area contributed by atoms with Crippen LogP contribution in [0.3, 0.4) is 0 Å². The summed E-state index contributed by atoms with van der Waals surface area (Å²) in [6, 6.07) is 73.8. The summed E-state index contributed by atoms with van der Waals surface area (Å²) in [6.45, 7) is 0. The molecule has 0 saturated carbocycles. The first kappa shape index (κ1) is 31.2. The van der Waals surface area contributed by atoms with E-state index in [0.29, 0.717) is 0 Å². The molecule has 0 spiro atoms. The van der Waals surface area contributed by atoms with Crippen molar-refractivity contribution in [1.82, 2.24) is 4.57 Å². The average Bonchev–Trinajstić information content (AvgIpc) is 3.79. The second-order valence-electron chi connectivity index (χ2n) is 14.1. The van der Waals surface area contributed by atoms with Crippen LogP contribution < -0.4 is 4.90 Å². The zero-order valence-corrected chi connectivity index (χ0v) is 29.9. The van der Waals surface area contributed by atoms with Crippen molar-refractivity contribution in [2.75, 3.05) is 4.90 Å². The van der Waals surface area contributed by atoms with Gasteiger partial charge in [0.1, 0.15) is 11.2 Å². The molecule has 0 saturated heterocycles. The van der Waals surface area contributed by atoms with Crippen molar-refractivity contribution in [3.63, 3.8) is 0 Å². The quantitative estimate of drug-likeness (QED) is 0.172. The van der Waals surface area contributed by atoms with Gasteiger partial charge in [-0.3, -0.25) is 0 Å². The van der Waals surface area contributed by atoms with E-state index in [1.807, 2.05) is 0 Å². The first-order valence-electron chi connectivity index (χ1n) is 18.8. The lowest BCUT2D eigenvalue weighted by Crippen LogP contribution is -2.11. The molecule has 0 bridgehead atoms. The van der Waals surface area contributed by atoms with E-state index in [0.717, 1.165) is 61.4 Å². The molecule has 55 heavy (non-hydrogen) atoms. The molecule has 11 aromatic rings. The molecular formula is C52H34N2O. The summed E-state index contributed by atoms with van der Waals surface area (Å²) in [6.07, 6.45) is 0. The van der Waals surface area contributed by atoms with Gasteiger partial charge in [-0.2, -0.15) is 0 Å². The maximum absolute atomic E-state index is 6.72. The second-order valence-corrected chi connectivity index (χ2v) is 14.1.